The zero-order valence-corrected chi connectivity index (χ0v) is 15.7. The summed E-state index contributed by atoms with van der Waals surface area (Å²) in [6.07, 6.45) is 4.89. The van der Waals surface area contributed by atoms with E-state index in [1.54, 1.807) is 0 Å². The number of nitrogens with two attached hydrogens (primary N) is 1. The fourth-order valence-electron chi connectivity index (χ4n) is 3.84. The second kappa shape index (κ2) is 10.2. The van der Waals surface area contributed by atoms with Crippen molar-refractivity contribution in [3.63, 3.8) is 0 Å². The molecule has 6 heteroatoms. The zero-order valence-electron chi connectivity index (χ0n) is 14.1. The molecule has 1 amide bonds. The number of carbonyl (C=O) groups is 1. The van der Waals surface area contributed by atoms with E-state index >= 15 is 0 Å². The van der Waals surface area contributed by atoms with Gasteiger partial charge in [0.25, 0.3) is 0 Å². The maximum absolute atomic E-state index is 12.8. The van der Waals surface area contributed by atoms with Crippen LogP contribution in [0.2, 0.25) is 0 Å². The highest BCUT2D eigenvalue weighted by Crippen LogP contribution is 2.24. The fourth-order valence-corrected chi connectivity index (χ4v) is 3.84. The summed E-state index contributed by atoms with van der Waals surface area (Å²) in [5.41, 5.74) is 6.92. The van der Waals surface area contributed by atoms with Crippen molar-refractivity contribution >= 4 is 30.7 Å². The van der Waals surface area contributed by atoms with Gasteiger partial charge in [-0.3, -0.25) is 4.79 Å². The number of amides is 1. The second-order valence-corrected chi connectivity index (χ2v) is 6.50. The largest absolute Gasteiger partial charge is 0.342 e. The SMILES string of the molecule is Cl.Cl.NCC(C(=O)N1CCC(N2CCCC2)CC1)c1ccccc1. The molecule has 136 valence electrons. The van der Waals surface area contributed by atoms with Gasteiger partial charge in [-0.05, 0) is 44.3 Å². The quantitative estimate of drug-likeness (QED) is 0.882. The van der Waals surface area contributed by atoms with Crippen LogP contribution < -0.4 is 5.73 Å². The van der Waals surface area contributed by atoms with Gasteiger partial charge in [-0.2, -0.15) is 0 Å². The fraction of sp³-hybridized carbons (Fsp3) is 0.611. The third-order valence-corrected chi connectivity index (χ3v) is 5.17. The summed E-state index contributed by atoms with van der Waals surface area (Å²) in [4.78, 5) is 17.4. The monoisotopic (exact) mass is 373 g/mol. The highest BCUT2D eigenvalue weighted by Gasteiger charge is 2.31. The lowest BCUT2D eigenvalue weighted by molar-refractivity contribution is -0.134. The predicted octanol–water partition coefficient (Wildman–Crippen LogP) is 2.66. The molecule has 2 aliphatic heterocycles. The maximum atomic E-state index is 12.8. The Morgan fingerprint density at radius 2 is 1.62 bits per heavy atom. The van der Waals surface area contributed by atoms with Gasteiger partial charge < -0.3 is 15.5 Å². The molecule has 2 N–H and O–H groups in total. The van der Waals surface area contributed by atoms with E-state index in [4.69, 9.17) is 5.73 Å². The number of benzene rings is 1. The highest BCUT2D eigenvalue weighted by molar-refractivity contribution is 5.85. The molecule has 3 rings (SSSR count). The molecular weight excluding hydrogens is 345 g/mol. The molecule has 1 atom stereocenters. The average Bonchev–Trinajstić information content (AvgIpc) is 3.11. The van der Waals surface area contributed by atoms with Crippen molar-refractivity contribution in [2.45, 2.75) is 37.6 Å². The van der Waals surface area contributed by atoms with E-state index in [1.807, 2.05) is 35.2 Å². The van der Waals surface area contributed by atoms with E-state index in [0.29, 0.717) is 12.6 Å². The topological polar surface area (TPSA) is 49.6 Å². The van der Waals surface area contributed by atoms with Gasteiger partial charge in [0.15, 0.2) is 0 Å². The number of hydrogen-bond donors (Lipinski definition) is 1. The number of nitrogens with zero attached hydrogens (tertiary/aromatic N) is 2. The molecular formula is C18H29Cl2N3O. The molecule has 0 bridgehead atoms. The minimum absolute atomic E-state index is 0. The van der Waals surface area contributed by atoms with Gasteiger partial charge in [-0.15, -0.1) is 24.8 Å². The molecule has 1 aromatic rings. The number of halogens is 2. The third-order valence-electron chi connectivity index (χ3n) is 5.17. The molecule has 0 radical (unpaired) electrons. The summed E-state index contributed by atoms with van der Waals surface area (Å²) in [5, 5.41) is 0. The third kappa shape index (κ3) is 4.85. The predicted molar refractivity (Wildman–Crippen MR) is 103 cm³/mol. The van der Waals surface area contributed by atoms with Crippen LogP contribution in [0.15, 0.2) is 30.3 Å². The smallest absolute Gasteiger partial charge is 0.231 e. The molecule has 24 heavy (non-hydrogen) atoms. The Kier molecular flexibility index (Phi) is 9.06. The van der Waals surface area contributed by atoms with Crippen molar-refractivity contribution in [2.24, 2.45) is 5.73 Å². The molecule has 0 saturated carbocycles. The Balaban J connectivity index is 0.00000144. The van der Waals surface area contributed by atoms with Gasteiger partial charge in [-0.1, -0.05) is 30.3 Å². The van der Waals surface area contributed by atoms with Crippen molar-refractivity contribution in [2.75, 3.05) is 32.7 Å². The molecule has 0 aromatic heterocycles. The first-order valence-corrected chi connectivity index (χ1v) is 8.57. The van der Waals surface area contributed by atoms with Gasteiger partial charge in [-0.25, -0.2) is 0 Å². The van der Waals surface area contributed by atoms with Gasteiger partial charge in [0.2, 0.25) is 5.91 Å². The highest BCUT2D eigenvalue weighted by atomic mass is 35.5. The lowest BCUT2D eigenvalue weighted by Gasteiger charge is -2.38. The molecule has 1 aromatic carbocycles. The lowest BCUT2D eigenvalue weighted by Crippen LogP contribution is -2.47. The molecule has 4 nitrogen and oxygen atoms in total. The first-order valence-electron chi connectivity index (χ1n) is 8.57. The minimum atomic E-state index is -0.190. The summed E-state index contributed by atoms with van der Waals surface area (Å²) in [6, 6.07) is 10.6. The van der Waals surface area contributed by atoms with Crippen LogP contribution in [0.3, 0.4) is 0 Å². The number of rotatable bonds is 4. The molecule has 2 heterocycles. The van der Waals surface area contributed by atoms with Crippen LogP contribution in [-0.4, -0.2) is 54.5 Å². The Labute approximate surface area is 157 Å². The van der Waals surface area contributed by atoms with Gasteiger partial charge >= 0.3 is 0 Å². The Morgan fingerprint density at radius 1 is 1.04 bits per heavy atom. The summed E-state index contributed by atoms with van der Waals surface area (Å²) in [7, 11) is 0. The van der Waals surface area contributed by atoms with Gasteiger partial charge in [0.05, 0.1) is 5.92 Å². The maximum Gasteiger partial charge on any atom is 0.231 e. The van der Waals surface area contributed by atoms with E-state index in [2.05, 4.69) is 4.90 Å². The van der Waals surface area contributed by atoms with Crippen molar-refractivity contribution in [1.82, 2.24) is 9.80 Å². The Bertz CT molecular complexity index is 486. The summed E-state index contributed by atoms with van der Waals surface area (Å²) < 4.78 is 0. The van der Waals surface area contributed by atoms with Crippen LogP contribution in [0, 0.1) is 0 Å². The van der Waals surface area contributed by atoms with Crippen LogP contribution in [0.1, 0.15) is 37.2 Å². The van der Waals surface area contributed by atoms with E-state index in [-0.39, 0.29) is 36.6 Å². The average molecular weight is 374 g/mol. The number of likely N-dealkylation sites (tertiary alicyclic amines) is 2. The summed E-state index contributed by atoms with van der Waals surface area (Å²) >= 11 is 0. The van der Waals surface area contributed by atoms with Crippen LogP contribution in [0.25, 0.3) is 0 Å². The van der Waals surface area contributed by atoms with Gasteiger partial charge in [0, 0.05) is 25.7 Å². The summed E-state index contributed by atoms with van der Waals surface area (Å²) in [5.74, 6) is 0.0121. The number of hydrogen-bond acceptors (Lipinski definition) is 3. The van der Waals surface area contributed by atoms with E-state index in [0.717, 1.165) is 31.5 Å². The Hall–Kier alpha value is -0.810. The van der Waals surface area contributed by atoms with Crippen LogP contribution in [0.4, 0.5) is 0 Å². The van der Waals surface area contributed by atoms with Crippen LogP contribution >= 0.6 is 24.8 Å². The molecule has 2 fully saturated rings. The van der Waals surface area contributed by atoms with E-state index < -0.39 is 0 Å². The standard InChI is InChI=1S/C18H27N3O.2ClH/c19-14-17(15-6-2-1-3-7-15)18(22)21-12-8-16(9-13-21)20-10-4-5-11-20;;/h1-3,6-7,16-17H,4-5,8-14,19H2;2*1H. The van der Waals surface area contributed by atoms with E-state index in [1.165, 1.54) is 25.9 Å². The lowest BCUT2D eigenvalue weighted by atomic mass is 9.95. The van der Waals surface area contributed by atoms with E-state index in [9.17, 15) is 4.79 Å². The van der Waals surface area contributed by atoms with Crippen molar-refractivity contribution in [3.8, 4) is 0 Å². The summed E-state index contributed by atoms with van der Waals surface area (Å²) in [6.45, 7) is 4.63. The van der Waals surface area contributed by atoms with Crippen molar-refractivity contribution in [1.29, 1.82) is 0 Å². The van der Waals surface area contributed by atoms with Crippen LogP contribution in [-0.2, 0) is 4.79 Å². The zero-order chi connectivity index (χ0) is 15.4. The molecule has 0 aliphatic carbocycles. The van der Waals surface area contributed by atoms with Gasteiger partial charge in [0.1, 0.15) is 0 Å². The molecule has 1 unspecified atom stereocenters. The number of piperidine rings is 1. The normalized spacial score (nSPS) is 20.1. The molecule has 2 aliphatic rings. The Morgan fingerprint density at radius 3 is 2.17 bits per heavy atom. The molecule has 0 spiro atoms. The second-order valence-electron chi connectivity index (χ2n) is 6.50. The first kappa shape index (κ1) is 21.2. The minimum Gasteiger partial charge on any atom is -0.342 e. The molecule has 2 saturated heterocycles. The van der Waals surface area contributed by atoms with Crippen molar-refractivity contribution < 1.29 is 4.79 Å². The first-order chi connectivity index (χ1) is 10.8. The van der Waals surface area contributed by atoms with Crippen LogP contribution in [0.5, 0.6) is 0 Å². The number of carbonyl (C=O) groups excluding carboxylic acids is 1. The van der Waals surface area contributed by atoms with Crippen molar-refractivity contribution in [3.05, 3.63) is 35.9 Å².